The lowest BCUT2D eigenvalue weighted by atomic mass is 9.88. The number of carboxylic acids is 1. The largest absolute Gasteiger partial charge is 0.480 e. The lowest BCUT2D eigenvalue weighted by Gasteiger charge is -2.23. The highest BCUT2D eigenvalue weighted by Crippen LogP contribution is 2.15. The predicted octanol–water partition coefficient (Wildman–Crippen LogP) is 0.638. The predicted molar refractivity (Wildman–Crippen MR) is 60.9 cm³/mol. The van der Waals surface area contributed by atoms with Gasteiger partial charge in [-0.2, -0.15) is 0 Å². The lowest BCUT2D eigenvalue weighted by molar-refractivity contribution is -0.141. The minimum atomic E-state index is -1.08. The number of carboxylic acid groups (broad SMARTS) is 1. The molecule has 4 nitrogen and oxygen atoms in total. The molecule has 0 bridgehead atoms. The summed E-state index contributed by atoms with van der Waals surface area (Å²) in [6.07, 6.45) is -0.280. The highest BCUT2D eigenvalue weighted by Gasteiger charge is 2.28. The third kappa shape index (κ3) is 3.32. The van der Waals surface area contributed by atoms with E-state index in [4.69, 9.17) is 10.8 Å². The monoisotopic (exact) mass is 223 g/mol. The number of nitrogens with two attached hydrogens (primary N) is 1. The standard InChI is InChI=1S/C12H17NO3/c1-8(14)10(11(13)12(15)16)7-9-5-3-2-4-6-9/h2-6,8,10-11,14H,7,13H2,1H3,(H,15,16)/t8?,10?,11-/m1/s1. The summed E-state index contributed by atoms with van der Waals surface area (Å²) in [6, 6.07) is 8.38. The maximum Gasteiger partial charge on any atom is 0.320 e. The highest BCUT2D eigenvalue weighted by molar-refractivity contribution is 5.73. The van der Waals surface area contributed by atoms with Gasteiger partial charge >= 0.3 is 5.97 Å². The van der Waals surface area contributed by atoms with E-state index in [0.717, 1.165) is 5.56 Å². The van der Waals surface area contributed by atoms with E-state index in [9.17, 15) is 9.90 Å². The molecule has 0 aliphatic carbocycles. The number of aliphatic hydroxyl groups is 1. The minimum Gasteiger partial charge on any atom is -0.480 e. The Hall–Kier alpha value is -1.39. The fourth-order valence-corrected chi connectivity index (χ4v) is 1.67. The van der Waals surface area contributed by atoms with Gasteiger partial charge in [0.25, 0.3) is 0 Å². The van der Waals surface area contributed by atoms with Gasteiger partial charge in [-0.05, 0) is 18.9 Å². The van der Waals surface area contributed by atoms with Crippen LogP contribution in [0.25, 0.3) is 0 Å². The van der Waals surface area contributed by atoms with Crippen LogP contribution < -0.4 is 5.73 Å². The number of hydrogen-bond acceptors (Lipinski definition) is 3. The van der Waals surface area contributed by atoms with Crippen molar-refractivity contribution in [3.05, 3.63) is 35.9 Å². The molecule has 0 radical (unpaired) electrons. The second kappa shape index (κ2) is 5.63. The van der Waals surface area contributed by atoms with Crippen molar-refractivity contribution in [1.29, 1.82) is 0 Å². The summed E-state index contributed by atoms with van der Waals surface area (Å²) >= 11 is 0. The SMILES string of the molecule is CC(O)C(Cc1ccccc1)[C@@H](N)C(=O)O. The van der Waals surface area contributed by atoms with Gasteiger partial charge in [0.1, 0.15) is 6.04 Å². The van der Waals surface area contributed by atoms with Crippen molar-refractivity contribution in [3.63, 3.8) is 0 Å². The van der Waals surface area contributed by atoms with E-state index >= 15 is 0 Å². The Balaban J connectivity index is 2.77. The van der Waals surface area contributed by atoms with E-state index in [1.807, 2.05) is 30.3 Å². The average Bonchev–Trinajstić information content (AvgIpc) is 2.26. The molecule has 4 N–H and O–H groups in total. The Morgan fingerprint density at radius 2 is 1.94 bits per heavy atom. The van der Waals surface area contributed by atoms with Crippen molar-refractivity contribution in [1.82, 2.24) is 0 Å². The Morgan fingerprint density at radius 3 is 2.38 bits per heavy atom. The van der Waals surface area contributed by atoms with E-state index in [1.54, 1.807) is 6.92 Å². The molecular formula is C12H17NO3. The van der Waals surface area contributed by atoms with Crippen LogP contribution in [0.4, 0.5) is 0 Å². The molecule has 88 valence electrons. The summed E-state index contributed by atoms with van der Waals surface area (Å²) in [5, 5.41) is 18.4. The summed E-state index contributed by atoms with van der Waals surface area (Å²) in [5.41, 5.74) is 6.53. The fraction of sp³-hybridized carbons (Fsp3) is 0.417. The first-order chi connectivity index (χ1) is 7.52. The molecule has 1 rings (SSSR count). The van der Waals surface area contributed by atoms with Gasteiger partial charge in [0.2, 0.25) is 0 Å². The quantitative estimate of drug-likeness (QED) is 0.684. The van der Waals surface area contributed by atoms with Gasteiger partial charge in [0.15, 0.2) is 0 Å². The van der Waals surface area contributed by atoms with Crippen LogP contribution in [0, 0.1) is 5.92 Å². The Labute approximate surface area is 94.7 Å². The zero-order valence-corrected chi connectivity index (χ0v) is 9.21. The molecule has 4 heteroatoms. The molecule has 0 spiro atoms. The van der Waals surface area contributed by atoms with E-state index < -0.39 is 24.0 Å². The highest BCUT2D eigenvalue weighted by atomic mass is 16.4. The first-order valence-corrected chi connectivity index (χ1v) is 5.22. The summed E-state index contributed by atoms with van der Waals surface area (Å²) in [7, 11) is 0. The summed E-state index contributed by atoms with van der Waals surface area (Å²) < 4.78 is 0. The van der Waals surface area contributed by atoms with Gasteiger partial charge in [-0.1, -0.05) is 30.3 Å². The number of aliphatic hydroxyl groups excluding tert-OH is 1. The number of benzene rings is 1. The molecule has 3 atom stereocenters. The van der Waals surface area contributed by atoms with Crippen LogP contribution in [0.1, 0.15) is 12.5 Å². The van der Waals surface area contributed by atoms with Crippen molar-refractivity contribution >= 4 is 5.97 Å². The zero-order valence-electron chi connectivity index (χ0n) is 9.21. The second-order valence-corrected chi connectivity index (χ2v) is 3.96. The van der Waals surface area contributed by atoms with Gasteiger partial charge in [-0.15, -0.1) is 0 Å². The van der Waals surface area contributed by atoms with Gasteiger partial charge in [0, 0.05) is 5.92 Å². The van der Waals surface area contributed by atoms with Gasteiger partial charge < -0.3 is 15.9 Å². The molecule has 0 aliphatic heterocycles. The van der Waals surface area contributed by atoms with Crippen molar-refractivity contribution in [2.45, 2.75) is 25.5 Å². The molecule has 0 fully saturated rings. The van der Waals surface area contributed by atoms with E-state index in [0.29, 0.717) is 6.42 Å². The number of carbonyl (C=O) groups is 1. The number of aliphatic carboxylic acids is 1. The topological polar surface area (TPSA) is 83.5 Å². The maximum atomic E-state index is 10.8. The number of hydrogen-bond donors (Lipinski definition) is 3. The fourth-order valence-electron chi connectivity index (χ4n) is 1.67. The average molecular weight is 223 g/mol. The molecular weight excluding hydrogens is 206 g/mol. The van der Waals surface area contributed by atoms with Crippen LogP contribution in [-0.2, 0) is 11.2 Å². The molecule has 1 aromatic carbocycles. The molecule has 0 aromatic heterocycles. The summed E-state index contributed by atoms with van der Waals surface area (Å²) in [4.78, 5) is 10.8. The Kier molecular flexibility index (Phi) is 4.46. The Morgan fingerprint density at radius 1 is 1.38 bits per heavy atom. The third-order valence-electron chi connectivity index (χ3n) is 2.68. The van der Waals surface area contributed by atoms with Crippen LogP contribution in [0.2, 0.25) is 0 Å². The second-order valence-electron chi connectivity index (χ2n) is 3.96. The molecule has 0 amide bonds. The number of rotatable bonds is 5. The van der Waals surface area contributed by atoms with Crippen molar-refractivity contribution in [2.24, 2.45) is 11.7 Å². The van der Waals surface area contributed by atoms with Crippen molar-refractivity contribution in [3.8, 4) is 0 Å². The van der Waals surface area contributed by atoms with E-state index in [1.165, 1.54) is 0 Å². The molecule has 1 aromatic rings. The van der Waals surface area contributed by atoms with Crippen LogP contribution in [0.15, 0.2) is 30.3 Å². The van der Waals surface area contributed by atoms with Gasteiger partial charge in [-0.3, -0.25) is 4.79 Å². The molecule has 16 heavy (non-hydrogen) atoms. The molecule has 0 saturated heterocycles. The van der Waals surface area contributed by atoms with Crippen LogP contribution in [0.3, 0.4) is 0 Å². The minimum absolute atomic E-state index is 0.464. The first kappa shape index (κ1) is 12.7. The smallest absolute Gasteiger partial charge is 0.320 e. The van der Waals surface area contributed by atoms with Crippen molar-refractivity contribution in [2.75, 3.05) is 0 Å². The molecule has 0 heterocycles. The lowest BCUT2D eigenvalue weighted by Crippen LogP contribution is -2.44. The van der Waals surface area contributed by atoms with Crippen LogP contribution in [-0.4, -0.2) is 28.3 Å². The summed E-state index contributed by atoms with van der Waals surface area (Å²) in [6.45, 7) is 1.57. The van der Waals surface area contributed by atoms with Gasteiger partial charge in [-0.25, -0.2) is 0 Å². The van der Waals surface area contributed by atoms with E-state index in [-0.39, 0.29) is 0 Å². The normalized spacial score (nSPS) is 16.4. The first-order valence-electron chi connectivity index (χ1n) is 5.22. The summed E-state index contributed by atoms with van der Waals surface area (Å²) in [5.74, 6) is -1.55. The zero-order chi connectivity index (χ0) is 12.1. The molecule has 0 aliphatic rings. The molecule has 0 saturated carbocycles. The van der Waals surface area contributed by atoms with Crippen LogP contribution >= 0.6 is 0 Å². The van der Waals surface area contributed by atoms with Crippen LogP contribution in [0.5, 0.6) is 0 Å². The Bertz CT molecular complexity index is 337. The van der Waals surface area contributed by atoms with E-state index in [2.05, 4.69) is 0 Å². The molecule has 2 unspecified atom stereocenters. The van der Waals surface area contributed by atoms with Gasteiger partial charge in [0.05, 0.1) is 6.10 Å². The maximum absolute atomic E-state index is 10.8. The third-order valence-corrected chi connectivity index (χ3v) is 2.68. The van der Waals surface area contributed by atoms with Crippen molar-refractivity contribution < 1.29 is 15.0 Å².